The molecule has 4 nitrogen and oxygen atoms in total. The van der Waals surface area contributed by atoms with Gasteiger partial charge in [0, 0.05) is 43.8 Å². The molecule has 4 heteroatoms. The van der Waals surface area contributed by atoms with Crippen LogP contribution >= 0.6 is 0 Å². The maximum atomic E-state index is 5.68. The largest absolute Gasteiger partial charge is 0.309 e. The molecular weight excluding hydrogens is 621 g/mol. The van der Waals surface area contributed by atoms with E-state index < -0.39 is 0 Å². The van der Waals surface area contributed by atoms with Gasteiger partial charge in [-0.1, -0.05) is 123 Å². The molecule has 51 heavy (non-hydrogen) atoms. The third kappa shape index (κ3) is 3.90. The summed E-state index contributed by atoms with van der Waals surface area (Å²) in [5, 5.41) is 7.24. The number of fused-ring (bicyclic) bond motifs is 10. The predicted molar refractivity (Wildman–Crippen MR) is 211 cm³/mol. The minimum atomic E-state index is -0.295. The highest BCUT2D eigenvalue weighted by atomic mass is 15.1. The summed E-state index contributed by atoms with van der Waals surface area (Å²) >= 11 is 0. The smallest absolute Gasteiger partial charge is 0.165 e. The van der Waals surface area contributed by atoms with Crippen LogP contribution in [-0.2, 0) is 5.41 Å². The van der Waals surface area contributed by atoms with Gasteiger partial charge in [-0.2, -0.15) is 0 Å². The fourth-order valence-corrected chi connectivity index (χ4v) is 8.62. The third-order valence-corrected chi connectivity index (χ3v) is 11.0. The van der Waals surface area contributed by atoms with Gasteiger partial charge in [0.1, 0.15) is 5.69 Å². The lowest BCUT2D eigenvalue weighted by Crippen LogP contribution is -2.18. The average molecular weight is 653 g/mol. The normalized spacial score (nSPS) is 13.5. The van der Waals surface area contributed by atoms with Crippen molar-refractivity contribution in [1.82, 2.24) is 19.1 Å². The molecule has 0 radical (unpaired) electrons. The summed E-state index contributed by atoms with van der Waals surface area (Å²) in [6, 6.07) is 56.8. The van der Waals surface area contributed by atoms with Crippen LogP contribution in [-0.4, -0.2) is 19.1 Å². The van der Waals surface area contributed by atoms with Gasteiger partial charge in [0.15, 0.2) is 5.82 Å². The Morgan fingerprint density at radius 3 is 1.84 bits per heavy atom. The summed E-state index contributed by atoms with van der Waals surface area (Å²) in [7, 11) is 0. The van der Waals surface area contributed by atoms with Crippen LogP contribution in [0.2, 0.25) is 0 Å². The predicted octanol–water partition coefficient (Wildman–Crippen LogP) is 11.8. The Balaban J connectivity index is 1.27. The van der Waals surface area contributed by atoms with E-state index in [9.17, 15) is 0 Å². The summed E-state index contributed by atoms with van der Waals surface area (Å²) < 4.78 is 4.71. The summed E-state index contributed by atoms with van der Waals surface area (Å²) in [4.78, 5) is 11.4. The van der Waals surface area contributed by atoms with Gasteiger partial charge in [0.25, 0.3) is 0 Å². The van der Waals surface area contributed by atoms with Crippen molar-refractivity contribution in [2.75, 3.05) is 0 Å². The van der Waals surface area contributed by atoms with Crippen LogP contribution in [0.25, 0.3) is 88.4 Å². The first-order valence-corrected chi connectivity index (χ1v) is 17.6. The molecule has 0 spiro atoms. The van der Waals surface area contributed by atoms with Gasteiger partial charge in [-0.25, -0.2) is 9.97 Å². The van der Waals surface area contributed by atoms with E-state index in [1.807, 2.05) is 0 Å². The number of hydrogen-bond donors (Lipinski definition) is 0. The van der Waals surface area contributed by atoms with Gasteiger partial charge in [-0.15, -0.1) is 0 Å². The van der Waals surface area contributed by atoms with Crippen molar-refractivity contribution in [2.45, 2.75) is 19.3 Å². The van der Waals surface area contributed by atoms with Crippen LogP contribution in [0.15, 0.2) is 158 Å². The summed E-state index contributed by atoms with van der Waals surface area (Å²) in [5.74, 6) is 0.842. The van der Waals surface area contributed by atoms with E-state index in [-0.39, 0.29) is 5.41 Å². The Labute approximate surface area is 294 Å². The zero-order chi connectivity index (χ0) is 33.8. The first kappa shape index (κ1) is 28.3. The highest BCUT2D eigenvalue weighted by Gasteiger charge is 2.39. The van der Waals surface area contributed by atoms with Gasteiger partial charge >= 0.3 is 0 Å². The second-order valence-corrected chi connectivity index (χ2v) is 14.3. The first-order valence-electron chi connectivity index (χ1n) is 17.6. The van der Waals surface area contributed by atoms with Gasteiger partial charge in [-0.3, -0.25) is 4.57 Å². The van der Waals surface area contributed by atoms with Crippen molar-refractivity contribution >= 4 is 54.4 Å². The SMILES string of the molecule is CC1(C)c2ccccc2-c2nc(-n3c4ccccc4c4cc5ccccc5cc43)c(-c3ccc4c(c3)c3ccccc3n4-c3ccccc3)nc21. The first-order chi connectivity index (χ1) is 25.1. The molecule has 0 aliphatic heterocycles. The van der Waals surface area contributed by atoms with E-state index >= 15 is 0 Å². The Morgan fingerprint density at radius 1 is 0.451 bits per heavy atom. The van der Waals surface area contributed by atoms with E-state index in [4.69, 9.17) is 9.97 Å². The van der Waals surface area contributed by atoms with E-state index in [0.717, 1.165) is 56.3 Å². The standard InChI is InChI=1S/C47H32N4/c1-47(2)38-21-11-8-20-35(38)44-45(47)48-43(31-24-25-41-36(27-31)33-18-9-12-22-39(33)50(41)32-16-4-3-5-17-32)46(49-44)51-40-23-13-10-19-34(40)37-26-29-14-6-7-15-30(29)28-42(37)51/h3-28H,1-2H3. The Morgan fingerprint density at radius 2 is 1.06 bits per heavy atom. The van der Waals surface area contributed by atoms with Gasteiger partial charge in [0.2, 0.25) is 0 Å². The molecule has 0 atom stereocenters. The Hall–Kier alpha value is -6.52. The van der Waals surface area contributed by atoms with Crippen molar-refractivity contribution in [1.29, 1.82) is 0 Å². The molecule has 1 aliphatic carbocycles. The lowest BCUT2D eigenvalue weighted by molar-refractivity contribution is 0.635. The van der Waals surface area contributed by atoms with Crippen LogP contribution in [0.4, 0.5) is 0 Å². The van der Waals surface area contributed by atoms with Crippen LogP contribution in [0.3, 0.4) is 0 Å². The van der Waals surface area contributed by atoms with Crippen LogP contribution in [0, 0.1) is 0 Å². The van der Waals surface area contributed by atoms with Crippen LogP contribution < -0.4 is 0 Å². The van der Waals surface area contributed by atoms with Gasteiger partial charge < -0.3 is 4.57 Å². The molecule has 0 saturated carbocycles. The van der Waals surface area contributed by atoms with E-state index in [0.29, 0.717) is 0 Å². The number of aromatic nitrogens is 4. The summed E-state index contributed by atoms with van der Waals surface area (Å²) in [6.45, 7) is 4.55. The molecule has 3 heterocycles. The fraction of sp³-hybridized carbons (Fsp3) is 0.0638. The number of hydrogen-bond acceptors (Lipinski definition) is 2. The molecule has 0 fully saturated rings. The van der Waals surface area contributed by atoms with Crippen molar-refractivity contribution in [3.8, 4) is 34.0 Å². The molecule has 10 aromatic rings. The molecule has 1 aliphatic rings. The molecule has 7 aromatic carbocycles. The molecule has 0 bridgehead atoms. The number of rotatable bonds is 3. The van der Waals surface area contributed by atoms with Crippen LogP contribution in [0.5, 0.6) is 0 Å². The number of benzene rings is 7. The lowest BCUT2D eigenvalue weighted by Gasteiger charge is -2.21. The van der Waals surface area contributed by atoms with Gasteiger partial charge in [0.05, 0.1) is 33.5 Å². The van der Waals surface area contributed by atoms with Crippen molar-refractivity contribution in [3.05, 3.63) is 169 Å². The van der Waals surface area contributed by atoms with Crippen LogP contribution in [0.1, 0.15) is 25.1 Å². The third-order valence-electron chi connectivity index (χ3n) is 11.0. The Bertz CT molecular complexity index is 3050. The number of nitrogens with zero attached hydrogens (tertiary/aromatic N) is 4. The summed E-state index contributed by atoms with van der Waals surface area (Å²) in [6.07, 6.45) is 0. The molecule has 11 rings (SSSR count). The maximum Gasteiger partial charge on any atom is 0.165 e. The Kier molecular flexibility index (Phi) is 5.70. The molecule has 3 aromatic heterocycles. The zero-order valence-corrected chi connectivity index (χ0v) is 28.3. The monoisotopic (exact) mass is 652 g/mol. The second-order valence-electron chi connectivity index (χ2n) is 14.3. The molecule has 0 N–H and O–H groups in total. The fourth-order valence-electron chi connectivity index (χ4n) is 8.62. The summed E-state index contributed by atoms with van der Waals surface area (Å²) in [5.41, 5.74) is 11.8. The van der Waals surface area contributed by atoms with E-state index in [1.54, 1.807) is 0 Å². The average Bonchev–Trinajstić information content (AvgIpc) is 3.76. The van der Waals surface area contributed by atoms with Crippen molar-refractivity contribution < 1.29 is 0 Å². The van der Waals surface area contributed by atoms with Gasteiger partial charge in [-0.05, 0) is 64.9 Å². The van der Waals surface area contributed by atoms with E-state index in [1.165, 1.54) is 43.4 Å². The molecule has 0 unspecified atom stereocenters. The van der Waals surface area contributed by atoms with Crippen molar-refractivity contribution in [2.24, 2.45) is 0 Å². The zero-order valence-electron chi connectivity index (χ0n) is 28.3. The minimum Gasteiger partial charge on any atom is -0.309 e. The molecule has 0 saturated heterocycles. The van der Waals surface area contributed by atoms with Crippen molar-refractivity contribution in [3.63, 3.8) is 0 Å². The molecule has 0 amide bonds. The van der Waals surface area contributed by atoms with E-state index in [2.05, 4.69) is 181 Å². The lowest BCUT2D eigenvalue weighted by atomic mass is 9.85. The number of para-hydroxylation sites is 3. The second kappa shape index (κ2) is 10.3. The quantitative estimate of drug-likeness (QED) is 0.190. The highest BCUT2D eigenvalue weighted by molar-refractivity contribution is 6.14. The topological polar surface area (TPSA) is 35.6 Å². The molecular formula is C47H32N4. The maximum absolute atomic E-state index is 5.68. The minimum absolute atomic E-state index is 0.295. The highest BCUT2D eigenvalue weighted by Crippen LogP contribution is 2.49. The molecule has 240 valence electrons.